The van der Waals surface area contributed by atoms with Crippen molar-refractivity contribution < 1.29 is 15.0 Å². The van der Waals surface area contributed by atoms with Crippen molar-refractivity contribution in [2.75, 3.05) is 6.61 Å². The zero-order chi connectivity index (χ0) is 24.2. The minimum absolute atomic E-state index is 0.0332. The highest BCUT2D eigenvalue weighted by atomic mass is 16.3. The van der Waals surface area contributed by atoms with Crippen LogP contribution in [-0.2, 0) is 4.79 Å². The molecule has 3 heteroatoms. The maximum Gasteiger partial charge on any atom is 0.136 e. The second kappa shape index (κ2) is 7.09. The van der Waals surface area contributed by atoms with Crippen LogP contribution in [0.3, 0.4) is 0 Å². The Morgan fingerprint density at radius 2 is 1.52 bits per heavy atom. The fourth-order valence-corrected chi connectivity index (χ4v) is 11.3. The largest absolute Gasteiger partial charge is 0.396 e. The van der Waals surface area contributed by atoms with Crippen LogP contribution in [0.2, 0.25) is 0 Å². The van der Waals surface area contributed by atoms with Gasteiger partial charge in [0.25, 0.3) is 0 Å². The molecular formula is C30H50O3. The van der Waals surface area contributed by atoms with Gasteiger partial charge in [-0.2, -0.15) is 0 Å². The molecule has 2 N–H and O–H groups in total. The average Bonchev–Trinajstić information content (AvgIpc) is 2.74. The number of carbonyl (C=O) groups is 1. The first-order valence-corrected chi connectivity index (χ1v) is 14.0. The van der Waals surface area contributed by atoms with Gasteiger partial charge < -0.3 is 10.2 Å². The highest BCUT2D eigenvalue weighted by Crippen LogP contribution is 2.78. The lowest BCUT2D eigenvalue weighted by Crippen LogP contribution is -2.70. The molecule has 188 valence electrons. The van der Waals surface area contributed by atoms with Gasteiger partial charge in [0.1, 0.15) is 5.78 Å². The van der Waals surface area contributed by atoms with Crippen LogP contribution in [0.5, 0.6) is 0 Å². The smallest absolute Gasteiger partial charge is 0.136 e. The van der Waals surface area contributed by atoms with E-state index in [4.69, 9.17) is 0 Å². The molecule has 0 aromatic rings. The summed E-state index contributed by atoms with van der Waals surface area (Å²) < 4.78 is 0. The Morgan fingerprint density at radius 3 is 2.18 bits per heavy atom. The van der Waals surface area contributed by atoms with Crippen molar-refractivity contribution >= 4 is 5.78 Å². The Balaban J connectivity index is 1.58. The molecule has 0 radical (unpaired) electrons. The van der Waals surface area contributed by atoms with E-state index in [2.05, 4.69) is 48.5 Å². The summed E-state index contributed by atoms with van der Waals surface area (Å²) in [5, 5.41) is 22.3. The molecule has 5 aliphatic carbocycles. The van der Waals surface area contributed by atoms with Crippen molar-refractivity contribution in [3.63, 3.8) is 0 Å². The summed E-state index contributed by atoms with van der Waals surface area (Å²) in [7, 11) is 0. The number of Topliss-reactive ketones (excluding diaryl/α,β-unsaturated/α-hetero) is 1. The van der Waals surface area contributed by atoms with E-state index >= 15 is 0 Å². The van der Waals surface area contributed by atoms with Crippen LogP contribution in [0.4, 0.5) is 0 Å². The number of hydrogen-bond donors (Lipinski definition) is 2. The van der Waals surface area contributed by atoms with Gasteiger partial charge in [0.2, 0.25) is 0 Å². The molecule has 10 atom stereocenters. The molecule has 0 aromatic heterocycles. The summed E-state index contributed by atoms with van der Waals surface area (Å²) in [6.07, 6.45) is 10.5. The van der Waals surface area contributed by atoms with Crippen LogP contribution >= 0.6 is 0 Å². The highest BCUT2D eigenvalue weighted by molar-refractivity contribution is 5.82. The first kappa shape index (κ1) is 24.3. The Labute approximate surface area is 202 Å². The Bertz CT molecular complexity index is 834. The van der Waals surface area contributed by atoms with Crippen LogP contribution in [-0.4, -0.2) is 28.7 Å². The third-order valence-corrected chi connectivity index (χ3v) is 13.8. The monoisotopic (exact) mass is 458 g/mol. The van der Waals surface area contributed by atoms with Crippen molar-refractivity contribution in [3.8, 4) is 0 Å². The molecular weight excluding hydrogens is 408 g/mol. The zero-order valence-electron chi connectivity index (χ0n) is 22.5. The van der Waals surface area contributed by atoms with Gasteiger partial charge in [-0.05, 0) is 103 Å². The summed E-state index contributed by atoms with van der Waals surface area (Å²) in [4.78, 5) is 12.7. The predicted molar refractivity (Wildman–Crippen MR) is 133 cm³/mol. The molecule has 0 aromatic carbocycles. The fourth-order valence-electron chi connectivity index (χ4n) is 11.3. The van der Waals surface area contributed by atoms with Crippen LogP contribution in [0.1, 0.15) is 113 Å². The third-order valence-electron chi connectivity index (χ3n) is 13.8. The van der Waals surface area contributed by atoms with Gasteiger partial charge in [0.15, 0.2) is 0 Å². The lowest BCUT2D eigenvalue weighted by atomic mass is 9.29. The van der Waals surface area contributed by atoms with Gasteiger partial charge in [-0.25, -0.2) is 0 Å². The van der Waals surface area contributed by atoms with E-state index in [0.29, 0.717) is 30.1 Å². The second-order valence-electron chi connectivity index (χ2n) is 15.2. The molecule has 3 nitrogen and oxygen atoms in total. The van der Waals surface area contributed by atoms with Gasteiger partial charge in [0.05, 0.1) is 6.10 Å². The molecule has 0 unspecified atom stereocenters. The summed E-state index contributed by atoms with van der Waals surface area (Å²) >= 11 is 0. The number of rotatable bonds is 1. The summed E-state index contributed by atoms with van der Waals surface area (Å²) in [6.45, 7) is 17.0. The van der Waals surface area contributed by atoms with Crippen molar-refractivity contribution in [1.82, 2.24) is 0 Å². The van der Waals surface area contributed by atoms with Crippen molar-refractivity contribution in [3.05, 3.63) is 0 Å². The quantitative estimate of drug-likeness (QED) is 0.478. The van der Waals surface area contributed by atoms with Crippen molar-refractivity contribution in [2.45, 2.75) is 119 Å². The molecule has 5 aliphatic rings. The van der Waals surface area contributed by atoms with Gasteiger partial charge in [0, 0.05) is 24.4 Å². The molecule has 5 fully saturated rings. The van der Waals surface area contributed by atoms with Crippen LogP contribution in [0.15, 0.2) is 0 Å². The number of hydrogen-bond acceptors (Lipinski definition) is 3. The normalized spacial score (nSPS) is 58.0. The van der Waals surface area contributed by atoms with Crippen molar-refractivity contribution in [2.24, 2.45) is 56.2 Å². The van der Waals surface area contributed by atoms with Crippen molar-refractivity contribution in [1.29, 1.82) is 0 Å². The summed E-state index contributed by atoms with van der Waals surface area (Å²) in [5.41, 5.74) is 0.517. The van der Waals surface area contributed by atoms with E-state index in [1.165, 1.54) is 12.8 Å². The number of fused-ring (bicyclic) bond motifs is 7. The van der Waals surface area contributed by atoms with E-state index in [0.717, 1.165) is 51.4 Å². The number of carbonyl (C=O) groups excluding carboxylic acids is 1. The SMILES string of the molecule is C[C@H]1C(=O)CC[C@@H]2[C@]1(C)CC[C@H]1[C@@]2(C)CC[C@@]2(C)[C@@H]3CC(C)(C)[C@@H](O)C[C@]3(C)CC[C@]12CO. The number of ketones is 1. The first-order valence-electron chi connectivity index (χ1n) is 14.0. The molecule has 0 amide bonds. The maximum absolute atomic E-state index is 12.7. The molecule has 0 spiro atoms. The summed E-state index contributed by atoms with van der Waals surface area (Å²) in [6, 6.07) is 0. The minimum atomic E-state index is -0.227. The molecule has 33 heavy (non-hydrogen) atoms. The molecule has 0 aliphatic heterocycles. The maximum atomic E-state index is 12.7. The van der Waals surface area contributed by atoms with Gasteiger partial charge in [-0.15, -0.1) is 0 Å². The van der Waals surface area contributed by atoms with E-state index in [9.17, 15) is 15.0 Å². The Kier molecular flexibility index (Phi) is 5.22. The van der Waals surface area contributed by atoms with Crippen LogP contribution < -0.4 is 0 Å². The zero-order valence-corrected chi connectivity index (χ0v) is 22.5. The van der Waals surface area contributed by atoms with E-state index < -0.39 is 0 Å². The fraction of sp³-hybridized carbons (Fsp3) is 0.967. The standard InChI is InChI=1S/C30H50O3/c1-19-20(32)8-9-21-27(19,5)11-10-22-28(21,6)13-14-29(7)23-16-25(2,3)24(33)17-26(23,4)12-15-30(22,29)18-31/h19,21-24,31,33H,8-18H2,1-7H3/t19-,21+,22-,23+,24-,26-,27+,28-,29-,30-/m0/s1. The topological polar surface area (TPSA) is 57.5 Å². The van der Waals surface area contributed by atoms with Gasteiger partial charge >= 0.3 is 0 Å². The van der Waals surface area contributed by atoms with E-state index in [1.54, 1.807) is 0 Å². The molecule has 0 heterocycles. The number of aliphatic hydroxyl groups is 2. The van der Waals surface area contributed by atoms with E-state index in [-0.39, 0.29) is 44.5 Å². The lowest BCUT2D eigenvalue weighted by molar-refractivity contribution is -0.279. The lowest BCUT2D eigenvalue weighted by Gasteiger charge is -2.75. The Morgan fingerprint density at radius 1 is 0.818 bits per heavy atom. The second-order valence-corrected chi connectivity index (χ2v) is 15.2. The van der Waals surface area contributed by atoms with Gasteiger partial charge in [-0.1, -0.05) is 48.5 Å². The minimum Gasteiger partial charge on any atom is -0.396 e. The highest BCUT2D eigenvalue weighted by Gasteiger charge is 2.72. The molecule has 0 saturated heterocycles. The molecule has 5 rings (SSSR count). The predicted octanol–water partition coefficient (Wildman–Crippen LogP) is 6.40. The Hall–Kier alpha value is -0.410. The average molecular weight is 459 g/mol. The first-order chi connectivity index (χ1) is 15.2. The van der Waals surface area contributed by atoms with E-state index in [1.807, 2.05) is 0 Å². The molecule has 5 saturated carbocycles. The number of aliphatic hydroxyl groups excluding tert-OH is 2. The van der Waals surface area contributed by atoms with Gasteiger partial charge in [-0.3, -0.25) is 4.79 Å². The summed E-state index contributed by atoms with van der Waals surface area (Å²) in [5.74, 6) is 2.32. The third kappa shape index (κ3) is 2.85. The van der Waals surface area contributed by atoms with Crippen LogP contribution in [0, 0.1) is 56.2 Å². The molecule has 0 bridgehead atoms. The van der Waals surface area contributed by atoms with Crippen LogP contribution in [0.25, 0.3) is 0 Å².